The first kappa shape index (κ1) is 18.2. The highest BCUT2D eigenvalue weighted by molar-refractivity contribution is 6.03. The maximum atomic E-state index is 12.7. The van der Waals surface area contributed by atoms with Gasteiger partial charge in [0.15, 0.2) is 0 Å². The molecule has 138 valence electrons. The zero-order valence-corrected chi connectivity index (χ0v) is 14.1. The minimum Gasteiger partial charge on any atom is -0.341 e. The van der Waals surface area contributed by atoms with Gasteiger partial charge in [0.05, 0.1) is 11.1 Å². The lowest BCUT2D eigenvalue weighted by Gasteiger charge is -2.19. The number of carbonyl (C=O) groups excluding carboxylic acids is 1. The van der Waals surface area contributed by atoms with Crippen molar-refractivity contribution < 1.29 is 18.0 Å². The van der Waals surface area contributed by atoms with Gasteiger partial charge in [-0.1, -0.05) is 18.9 Å². The van der Waals surface area contributed by atoms with Crippen LogP contribution in [0.2, 0.25) is 0 Å². The molecule has 0 saturated carbocycles. The molecule has 0 aliphatic carbocycles. The van der Waals surface area contributed by atoms with Crippen LogP contribution in [-0.4, -0.2) is 29.0 Å². The lowest BCUT2D eigenvalue weighted by molar-refractivity contribution is -0.137. The molecule has 5 nitrogen and oxygen atoms in total. The average Bonchev–Trinajstić information content (AvgIpc) is 2.91. The molecule has 0 unspecified atom stereocenters. The Kier molecular flexibility index (Phi) is 5.39. The summed E-state index contributed by atoms with van der Waals surface area (Å²) in [6.45, 7) is 1.77. The van der Waals surface area contributed by atoms with Gasteiger partial charge in [0.2, 0.25) is 5.95 Å². The highest BCUT2D eigenvalue weighted by atomic mass is 19.4. The maximum absolute atomic E-state index is 12.7. The standard InChI is InChI=1S/C18H19F3N4O/c19-18(20,21)14-6-5-7-15(10-14)24-16(26)13-11-22-17(23-12-13)25-8-3-1-2-4-9-25/h5-7,10-12H,1-4,8-9H2,(H,24,26). The van der Waals surface area contributed by atoms with Gasteiger partial charge in [-0.25, -0.2) is 9.97 Å². The molecule has 2 heterocycles. The SMILES string of the molecule is O=C(Nc1cccc(C(F)(F)F)c1)c1cnc(N2CCCCCC2)nc1. The van der Waals surface area contributed by atoms with E-state index in [0.29, 0.717) is 5.95 Å². The fraction of sp³-hybridized carbons (Fsp3) is 0.389. The number of rotatable bonds is 3. The van der Waals surface area contributed by atoms with Crippen molar-refractivity contribution in [3.8, 4) is 0 Å². The molecule has 1 N–H and O–H groups in total. The monoisotopic (exact) mass is 364 g/mol. The third-order valence-corrected chi connectivity index (χ3v) is 4.24. The fourth-order valence-corrected chi connectivity index (χ4v) is 2.85. The summed E-state index contributed by atoms with van der Waals surface area (Å²) >= 11 is 0. The van der Waals surface area contributed by atoms with E-state index in [1.165, 1.54) is 37.4 Å². The first-order valence-corrected chi connectivity index (χ1v) is 8.49. The summed E-state index contributed by atoms with van der Waals surface area (Å²) in [5.41, 5.74) is -0.550. The number of hydrogen-bond donors (Lipinski definition) is 1. The number of halogens is 3. The Morgan fingerprint density at radius 1 is 1.04 bits per heavy atom. The highest BCUT2D eigenvalue weighted by Crippen LogP contribution is 2.30. The Morgan fingerprint density at radius 2 is 1.69 bits per heavy atom. The van der Waals surface area contributed by atoms with Crippen molar-refractivity contribution >= 4 is 17.5 Å². The number of carbonyl (C=O) groups is 1. The zero-order valence-electron chi connectivity index (χ0n) is 14.1. The topological polar surface area (TPSA) is 58.1 Å². The van der Waals surface area contributed by atoms with Crippen molar-refractivity contribution in [3.05, 3.63) is 47.8 Å². The summed E-state index contributed by atoms with van der Waals surface area (Å²) in [5.74, 6) is 0.0225. The summed E-state index contributed by atoms with van der Waals surface area (Å²) in [4.78, 5) is 22.8. The number of nitrogens with zero attached hydrogens (tertiary/aromatic N) is 3. The Hall–Kier alpha value is -2.64. The molecule has 1 aliphatic rings. The quantitative estimate of drug-likeness (QED) is 0.890. The van der Waals surface area contributed by atoms with Gasteiger partial charge < -0.3 is 10.2 Å². The van der Waals surface area contributed by atoms with Crippen LogP contribution < -0.4 is 10.2 Å². The van der Waals surface area contributed by atoms with Crippen molar-refractivity contribution in [1.82, 2.24) is 9.97 Å². The van der Waals surface area contributed by atoms with Gasteiger partial charge >= 0.3 is 6.18 Å². The molecule has 1 aromatic heterocycles. The maximum Gasteiger partial charge on any atom is 0.416 e. The third-order valence-electron chi connectivity index (χ3n) is 4.24. The van der Waals surface area contributed by atoms with Crippen LogP contribution >= 0.6 is 0 Å². The molecular formula is C18H19F3N4O. The number of anilines is 2. The molecule has 2 aromatic rings. The number of hydrogen-bond acceptors (Lipinski definition) is 4. The minimum absolute atomic E-state index is 0.0708. The molecule has 0 radical (unpaired) electrons. The summed E-state index contributed by atoms with van der Waals surface area (Å²) in [5, 5.41) is 2.45. The van der Waals surface area contributed by atoms with Crippen molar-refractivity contribution in [1.29, 1.82) is 0 Å². The first-order valence-electron chi connectivity index (χ1n) is 8.49. The minimum atomic E-state index is -4.46. The molecule has 0 spiro atoms. The van der Waals surface area contributed by atoms with E-state index in [0.717, 1.165) is 38.1 Å². The van der Waals surface area contributed by atoms with Crippen molar-refractivity contribution in [3.63, 3.8) is 0 Å². The first-order chi connectivity index (χ1) is 12.4. The predicted octanol–water partition coefficient (Wildman–Crippen LogP) is 4.13. The Balaban J connectivity index is 1.68. The van der Waals surface area contributed by atoms with E-state index in [4.69, 9.17) is 0 Å². The highest BCUT2D eigenvalue weighted by Gasteiger charge is 2.30. The molecule has 26 heavy (non-hydrogen) atoms. The molecule has 1 saturated heterocycles. The van der Waals surface area contributed by atoms with E-state index >= 15 is 0 Å². The van der Waals surface area contributed by atoms with Crippen LogP contribution in [0.5, 0.6) is 0 Å². The number of alkyl halides is 3. The van der Waals surface area contributed by atoms with E-state index in [2.05, 4.69) is 20.2 Å². The second-order valence-electron chi connectivity index (χ2n) is 6.21. The lowest BCUT2D eigenvalue weighted by atomic mass is 10.2. The van der Waals surface area contributed by atoms with Gasteiger partial charge in [0, 0.05) is 31.2 Å². The largest absolute Gasteiger partial charge is 0.416 e. The normalized spacial score (nSPS) is 15.4. The number of nitrogens with one attached hydrogen (secondary N) is 1. The average molecular weight is 364 g/mol. The van der Waals surface area contributed by atoms with Crippen molar-refractivity contribution in [2.45, 2.75) is 31.9 Å². The molecular weight excluding hydrogens is 345 g/mol. The van der Waals surface area contributed by atoms with E-state index in [1.807, 2.05) is 0 Å². The van der Waals surface area contributed by atoms with Gasteiger partial charge in [-0.2, -0.15) is 13.2 Å². The molecule has 0 atom stereocenters. The molecule has 3 rings (SSSR count). The smallest absolute Gasteiger partial charge is 0.341 e. The van der Waals surface area contributed by atoms with E-state index in [1.54, 1.807) is 0 Å². The van der Waals surface area contributed by atoms with E-state index < -0.39 is 17.6 Å². The number of aromatic nitrogens is 2. The van der Waals surface area contributed by atoms with Gasteiger partial charge in [-0.05, 0) is 31.0 Å². The van der Waals surface area contributed by atoms with Gasteiger partial charge in [-0.15, -0.1) is 0 Å². The fourth-order valence-electron chi connectivity index (χ4n) is 2.85. The van der Waals surface area contributed by atoms with Crippen molar-refractivity contribution in [2.24, 2.45) is 0 Å². The summed E-state index contributed by atoms with van der Waals surface area (Å²) in [7, 11) is 0. The van der Waals surface area contributed by atoms with E-state index in [-0.39, 0.29) is 11.3 Å². The Morgan fingerprint density at radius 3 is 2.31 bits per heavy atom. The van der Waals surface area contributed by atoms with Crippen LogP contribution in [0.3, 0.4) is 0 Å². The van der Waals surface area contributed by atoms with Crippen LogP contribution in [-0.2, 0) is 6.18 Å². The van der Waals surface area contributed by atoms with Crippen molar-refractivity contribution in [2.75, 3.05) is 23.3 Å². The second-order valence-corrected chi connectivity index (χ2v) is 6.21. The van der Waals surface area contributed by atoms with Gasteiger partial charge in [-0.3, -0.25) is 4.79 Å². The van der Waals surface area contributed by atoms with Gasteiger partial charge in [0.1, 0.15) is 0 Å². The van der Waals surface area contributed by atoms with Crippen LogP contribution in [0, 0.1) is 0 Å². The molecule has 0 bridgehead atoms. The molecule has 8 heteroatoms. The van der Waals surface area contributed by atoms with Crippen LogP contribution in [0.4, 0.5) is 24.8 Å². The van der Waals surface area contributed by atoms with Gasteiger partial charge in [0.25, 0.3) is 5.91 Å². The summed E-state index contributed by atoms with van der Waals surface area (Å²) < 4.78 is 38.2. The molecule has 1 amide bonds. The number of benzene rings is 1. The van der Waals surface area contributed by atoms with Crippen LogP contribution in [0.1, 0.15) is 41.6 Å². The lowest BCUT2D eigenvalue weighted by Crippen LogP contribution is -2.26. The zero-order chi connectivity index (χ0) is 18.6. The van der Waals surface area contributed by atoms with Crippen LogP contribution in [0.15, 0.2) is 36.7 Å². The number of amides is 1. The van der Waals surface area contributed by atoms with E-state index in [9.17, 15) is 18.0 Å². The summed E-state index contributed by atoms with van der Waals surface area (Å²) in [6.07, 6.45) is 2.88. The second kappa shape index (κ2) is 7.72. The summed E-state index contributed by atoms with van der Waals surface area (Å²) in [6, 6.07) is 4.50. The third kappa shape index (κ3) is 4.50. The molecule has 1 aliphatic heterocycles. The molecule has 1 aromatic carbocycles. The molecule has 1 fully saturated rings. The van der Waals surface area contributed by atoms with Crippen LogP contribution in [0.25, 0.3) is 0 Å². The Labute approximate surface area is 149 Å². The predicted molar refractivity (Wildman–Crippen MR) is 92.1 cm³/mol. The Bertz CT molecular complexity index is 754.